The molecule has 1 atom stereocenters. The molecule has 1 amide bonds. The van der Waals surface area contributed by atoms with Crippen molar-refractivity contribution < 1.29 is 38.5 Å². The van der Waals surface area contributed by atoms with Crippen molar-refractivity contribution in [2.75, 3.05) is 25.0 Å². The number of hydrogen-bond acceptors (Lipinski definition) is 8. The molecule has 10 nitrogen and oxygen atoms in total. The van der Waals surface area contributed by atoms with Crippen molar-refractivity contribution >= 4 is 40.2 Å². The number of rotatable bonds is 6. The summed E-state index contributed by atoms with van der Waals surface area (Å²) < 4.78 is 10.9. The summed E-state index contributed by atoms with van der Waals surface area (Å²) in [6.07, 6.45) is 3.44. The van der Waals surface area contributed by atoms with E-state index in [0.29, 0.717) is 34.5 Å². The standard InChI is InChI=1S/C20H26N2O4S.C2H2O4/c1-4-25-20(24)18-15(16-9-8-14(3)26-16)12-27-19(18)21-17(23)11-22-10-6-5-7-13(22)2;3-1(4)2(5)6/h8-9,12-13H,4-7,10-11H2,1-3H3,(H,21,23);(H,3,4)(H,5,6). The summed E-state index contributed by atoms with van der Waals surface area (Å²) in [5.74, 6) is -2.86. The van der Waals surface area contributed by atoms with Crippen molar-refractivity contribution in [3.05, 3.63) is 28.8 Å². The summed E-state index contributed by atoms with van der Waals surface area (Å²) in [4.78, 5) is 45.5. The lowest BCUT2D eigenvalue weighted by molar-refractivity contribution is -0.159. The van der Waals surface area contributed by atoms with Crippen LogP contribution in [0.3, 0.4) is 0 Å². The second-order valence-corrected chi connectivity index (χ2v) is 8.34. The van der Waals surface area contributed by atoms with Gasteiger partial charge in [-0.05, 0) is 52.3 Å². The Bertz CT molecular complexity index is 984. The van der Waals surface area contributed by atoms with Gasteiger partial charge in [0, 0.05) is 17.0 Å². The summed E-state index contributed by atoms with van der Waals surface area (Å²) in [6.45, 7) is 7.29. The van der Waals surface area contributed by atoms with E-state index in [9.17, 15) is 9.59 Å². The molecule has 0 aliphatic carbocycles. The van der Waals surface area contributed by atoms with E-state index in [-0.39, 0.29) is 12.5 Å². The van der Waals surface area contributed by atoms with E-state index in [1.54, 1.807) is 6.92 Å². The molecule has 2 aromatic rings. The van der Waals surface area contributed by atoms with Crippen LogP contribution in [0.5, 0.6) is 0 Å². The summed E-state index contributed by atoms with van der Waals surface area (Å²) >= 11 is 1.31. The normalized spacial score (nSPS) is 15.8. The smallest absolute Gasteiger partial charge is 0.414 e. The lowest BCUT2D eigenvalue weighted by Crippen LogP contribution is -2.42. The number of carbonyl (C=O) groups excluding carboxylic acids is 2. The number of nitrogens with one attached hydrogen (secondary N) is 1. The number of carbonyl (C=O) groups is 4. The molecule has 0 radical (unpaired) electrons. The number of anilines is 1. The maximum absolute atomic E-state index is 12.6. The largest absolute Gasteiger partial charge is 0.473 e. The first-order valence-electron chi connectivity index (χ1n) is 10.5. The average molecular weight is 481 g/mol. The fourth-order valence-corrected chi connectivity index (χ4v) is 4.31. The van der Waals surface area contributed by atoms with E-state index in [0.717, 1.165) is 25.1 Å². The molecule has 1 fully saturated rings. The third kappa shape index (κ3) is 7.43. The molecule has 3 heterocycles. The van der Waals surface area contributed by atoms with Crippen LogP contribution in [0.4, 0.5) is 5.00 Å². The second kappa shape index (κ2) is 12.2. The lowest BCUT2D eigenvalue weighted by Gasteiger charge is -2.32. The van der Waals surface area contributed by atoms with Crippen LogP contribution < -0.4 is 5.32 Å². The number of carboxylic acid groups (broad SMARTS) is 2. The Hall–Kier alpha value is -3.18. The van der Waals surface area contributed by atoms with Crippen LogP contribution in [-0.2, 0) is 19.1 Å². The highest BCUT2D eigenvalue weighted by Gasteiger charge is 2.26. The van der Waals surface area contributed by atoms with Crippen LogP contribution in [0.1, 0.15) is 49.2 Å². The van der Waals surface area contributed by atoms with Gasteiger partial charge in [0.2, 0.25) is 5.91 Å². The summed E-state index contributed by atoms with van der Waals surface area (Å²) in [5, 5.41) is 20.0. The van der Waals surface area contributed by atoms with Crippen LogP contribution in [0.2, 0.25) is 0 Å². The number of piperidine rings is 1. The van der Waals surface area contributed by atoms with Crippen molar-refractivity contribution in [1.29, 1.82) is 0 Å². The highest BCUT2D eigenvalue weighted by atomic mass is 32.1. The van der Waals surface area contributed by atoms with Gasteiger partial charge in [0.15, 0.2) is 0 Å². The van der Waals surface area contributed by atoms with E-state index in [1.165, 1.54) is 17.8 Å². The monoisotopic (exact) mass is 480 g/mol. The molecular formula is C22H28N2O8S. The Kier molecular flexibility index (Phi) is 9.61. The first-order valence-corrected chi connectivity index (χ1v) is 11.4. The molecular weight excluding hydrogens is 452 g/mol. The van der Waals surface area contributed by atoms with Crippen LogP contribution >= 0.6 is 11.3 Å². The molecule has 0 saturated carbocycles. The van der Waals surface area contributed by atoms with Gasteiger partial charge in [0.25, 0.3) is 0 Å². The Labute approximate surface area is 195 Å². The lowest BCUT2D eigenvalue weighted by atomic mass is 10.0. The van der Waals surface area contributed by atoms with Crippen LogP contribution in [0, 0.1) is 6.92 Å². The van der Waals surface area contributed by atoms with Crippen molar-refractivity contribution in [3.63, 3.8) is 0 Å². The molecule has 1 aliphatic heterocycles. The molecule has 1 unspecified atom stereocenters. The average Bonchev–Trinajstić information content (AvgIpc) is 3.36. The Balaban J connectivity index is 0.000000569. The minimum absolute atomic E-state index is 0.113. The number of furan rings is 1. The molecule has 0 bridgehead atoms. The number of esters is 1. The summed E-state index contributed by atoms with van der Waals surface area (Å²) in [6, 6.07) is 4.07. The molecule has 0 spiro atoms. The number of aliphatic carboxylic acids is 2. The van der Waals surface area contributed by atoms with Crippen molar-refractivity contribution in [2.24, 2.45) is 0 Å². The molecule has 1 saturated heterocycles. The zero-order valence-corrected chi connectivity index (χ0v) is 19.6. The van der Waals surface area contributed by atoms with Gasteiger partial charge in [-0.25, -0.2) is 14.4 Å². The number of hydrogen-bond donors (Lipinski definition) is 3. The highest BCUT2D eigenvalue weighted by Crippen LogP contribution is 2.37. The van der Waals surface area contributed by atoms with Gasteiger partial charge < -0.3 is 24.7 Å². The third-order valence-corrected chi connectivity index (χ3v) is 5.90. The molecule has 1 aliphatic rings. The van der Waals surface area contributed by atoms with Crippen molar-refractivity contribution in [2.45, 2.75) is 46.1 Å². The Morgan fingerprint density at radius 1 is 1.21 bits per heavy atom. The molecule has 2 aromatic heterocycles. The van der Waals surface area contributed by atoms with E-state index < -0.39 is 17.9 Å². The van der Waals surface area contributed by atoms with E-state index in [2.05, 4.69) is 17.1 Å². The number of likely N-dealkylation sites (tertiary alicyclic amines) is 1. The Morgan fingerprint density at radius 3 is 2.45 bits per heavy atom. The maximum atomic E-state index is 12.6. The third-order valence-electron chi connectivity index (χ3n) is 5.00. The van der Waals surface area contributed by atoms with Crippen molar-refractivity contribution in [1.82, 2.24) is 4.90 Å². The zero-order chi connectivity index (χ0) is 24.5. The number of nitrogens with zero attached hydrogens (tertiary/aromatic N) is 1. The van der Waals surface area contributed by atoms with E-state index in [4.69, 9.17) is 29.0 Å². The zero-order valence-electron chi connectivity index (χ0n) is 18.8. The minimum Gasteiger partial charge on any atom is -0.473 e. The van der Waals surface area contributed by atoms with Gasteiger partial charge in [0.05, 0.1) is 13.2 Å². The molecule has 33 heavy (non-hydrogen) atoms. The quantitative estimate of drug-likeness (QED) is 0.418. The SMILES string of the molecule is CCOC(=O)c1c(-c2ccc(C)o2)csc1NC(=O)CN1CCCCC1C.O=C(O)C(=O)O. The number of carboxylic acids is 2. The fraction of sp³-hybridized carbons (Fsp3) is 0.455. The number of thiophene rings is 1. The van der Waals surface area contributed by atoms with Crippen molar-refractivity contribution in [3.8, 4) is 11.3 Å². The van der Waals surface area contributed by atoms with Gasteiger partial charge >= 0.3 is 17.9 Å². The van der Waals surface area contributed by atoms with Crippen LogP contribution in [0.15, 0.2) is 21.9 Å². The number of ether oxygens (including phenoxy) is 1. The predicted molar refractivity (Wildman–Crippen MR) is 122 cm³/mol. The van der Waals surface area contributed by atoms with E-state index in [1.807, 2.05) is 24.4 Å². The molecule has 180 valence electrons. The van der Waals surface area contributed by atoms with E-state index >= 15 is 0 Å². The summed E-state index contributed by atoms with van der Waals surface area (Å²) in [5.41, 5.74) is 1.00. The van der Waals surface area contributed by atoms with Gasteiger partial charge in [-0.3, -0.25) is 9.69 Å². The van der Waals surface area contributed by atoms with Gasteiger partial charge in [-0.2, -0.15) is 0 Å². The first kappa shape index (κ1) is 26.1. The first-order chi connectivity index (χ1) is 15.6. The fourth-order valence-electron chi connectivity index (χ4n) is 3.36. The highest BCUT2D eigenvalue weighted by molar-refractivity contribution is 7.15. The summed E-state index contributed by atoms with van der Waals surface area (Å²) in [7, 11) is 0. The second-order valence-electron chi connectivity index (χ2n) is 7.46. The Morgan fingerprint density at radius 2 is 1.91 bits per heavy atom. The molecule has 0 aromatic carbocycles. The number of amides is 1. The minimum atomic E-state index is -1.82. The maximum Gasteiger partial charge on any atom is 0.414 e. The van der Waals surface area contributed by atoms with Crippen LogP contribution in [-0.4, -0.2) is 64.7 Å². The molecule has 3 rings (SSSR count). The molecule has 11 heteroatoms. The number of aryl methyl sites for hydroxylation is 1. The topological polar surface area (TPSA) is 146 Å². The van der Waals surface area contributed by atoms with Gasteiger partial charge in [-0.1, -0.05) is 6.42 Å². The molecule has 3 N–H and O–H groups in total. The van der Waals surface area contributed by atoms with Gasteiger partial charge in [-0.15, -0.1) is 11.3 Å². The van der Waals surface area contributed by atoms with Gasteiger partial charge in [0.1, 0.15) is 22.1 Å². The van der Waals surface area contributed by atoms with Crippen LogP contribution in [0.25, 0.3) is 11.3 Å². The predicted octanol–water partition coefficient (Wildman–Crippen LogP) is 3.46.